The second kappa shape index (κ2) is 7.35. The summed E-state index contributed by atoms with van der Waals surface area (Å²) in [4.78, 5) is 0. The van der Waals surface area contributed by atoms with Crippen LogP contribution in [0.15, 0.2) is 47.6 Å². The Kier molecular flexibility index (Phi) is 5.32. The maximum atomic E-state index is 6.28. The molecule has 3 aromatic rings. The Labute approximate surface area is 167 Å². The van der Waals surface area contributed by atoms with Gasteiger partial charge in [0.15, 0.2) is 5.82 Å². The van der Waals surface area contributed by atoms with Gasteiger partial charge in [0, 0.05) is 10.6 Å². The molecule has 0 atom stereocenters. The quantitative estimate of drug-likeness (QED) is 0.423. The molecule has 26 heavy (non-hydrogen) atoms. The van der Waals surface area contributed by atoms with Crippen LogP contribution in [-0.4, -0.2) is 21.1 Å². The second-order valence-electron chi connectivity index (χ2n) is 6.90. The van der Waals surface area contributed by atoms with Gasteiger partial charge in [-0.3, -0.25) is 0 Å². The van der Waals surface area contributed by atoms with Gasteiger partial charge in [-0.15, -0.1) is 0 Å². The van der Waals surface area contributed by atoms with Crippen molar-refractivity contribution >= 4 is 41.6 Å². The zero-order valence-corrected chi connectivity index (χ0v) is 17.0. The topological polar surface area (TPSA) is 46.0 Å². The first-order valence-electron chi connectivity index (χ1n) is 8.03. The van der Waals surface area contributed by atoms with E-state index in [0.29, 0.717) is 26.2 Å². The zero-order chi connectivity index (χ0) is 18.9. The molecule has 0 aliphatic heterocycles. The lowest BCUT2D eigenvalue weighted by molar-refractivity contribution is 0.590. The molecule has 0 aliphatic rings. The molecule has 0 saturated carbocycles. The molecule has 0 fully saturated rings. The van der Waals surface area contributed by atoms with Gasteiger partial charge in [-0.25, -0.2) is 5.10 Å². The average Bonchev–Trinajstić information content (AvgIpc) is 2.93. The normalized spacial score (nSPS) is 12.0. The number of hydrogen-bond acceptors (Lipinski definition) is 3. The van der Waals surface area contributed by atoms with E-state index in [1.807, 2.05) is 12.1 Å². The highest BCUT2D eigenvalue weighted by molar-refractivity contribution is 7.71. The summed E-state index contributed by atoms with van der Waals surface area (Å²) in [6.07, 6.45) is 1.74. The van der Waals surface area contributed by atoms with Crippen molar-refractivity contribution in [2.75, 3.05) is 0 Å². The Morgan fingerprint density at radius 3 is 2.42 bits per heavy atom. The first-order valence-corrected chi connectivity index (χ1v) is 9.20. The van der Waals surface area contributed by atoms with Gasteiger partial charge in [-0.2, -0.15) is 14.9 Å². The average molecular weight is 405 g/mol. The number of aromatic amines is 1. The number of benzene rings is 2. The summed E-state index contributed by atoms with van der Waals surface area (Å²) in [5, 5.41) is 12.5. The van der Waals surface area contributed by atoms with Crippen LogP contribution in [0.5, 0.6) is 0 Å². The van der Waals surface area contributed by atoms with E-state index >= 15 is 0 Å². The van der Waals surface area contributed by atoms with Gasteiger partial charge in [-0.1, -0.05) is 68.2 Å². The smallest absolute Gasteiger partial charge is 0.216 e. The van der Waals surface area contributed by atoms with Crippen molar-refractivity contribution in [2.45, 2.75) is 26.2 Å². The maximum Gasteiger partial charge on any atom is 0.216 e. The van der Waals surface area contributed by atoms with Gasteiger partial charge in [0.05, 0.1) is 11.2 Å². The fraction of sp³-hybridized carbons (Fsp3) is 0.211. The van der Waals surface area contributed by atoms with Crippen LogP contribution in [0.25, 0.3) is 11.4 Å². The van der Waals surface area contributed by atoms with E-state index in [-0.39, 0.29) is 5.41 Å². The zero-order valence-electron chi connectivity index (χ0n) is 14.6. The lowest BCUT2D eigenvalue weighted by atomic mass is 9.87. The van der Waals surface area contributed by atoms with Crippen LogP contribution in [-0.2, 0) is 5.41 Å². The Hall–Kier alpha value is -1.95. The summed E-state index contributed by atoms with van der Waals surface area (Å²) in [5.41, 5.74) is 3.04. The van der Waals surface area contributed by atoms with E-state index in [1.54, 1.807) is 29.1 Å². The van der Waals surface area contributed by atoms with E-state index in [9.17, 15) is 0 Å². The van der Waals surface area contributed by atoms with Crippen LogP contribution in [0.1, 0.15) is 31.9 Å². The van der Waals surface area contributed by atoms with Gasteiger partial charge in [-0.05, 0) is 47.0 Å². The predicted molar refractivity (Wildman–Crippen MR) is 111 cm³/mol. The number of H-pyrrole nitrogens is 1. The summed E-state index contributed by atoms with van der Waals surface area (Å²) >= 11 is 17.5. The first kappa shape index (κ1) is 18.8. The highest BCUT2D eigenvalue weighted by Crippen LogP contribution is 2.29. The van der Waals surface area contributed by atoms with E-state index < -0.39 is 0 Å². The molecular formula is C19H18Cl2N4S. The summed E-state index contributed by atoms with van der Waals surface area (Å²) in [6.45, 7) is 6.55. The Bertz CT molecular complexity index is 1010. The minimum Gasteiger partial charge on any atom is -0.250 e. The van der Waals surface area contributed by atoms with Gasteiger partial charge in [0.1, 0.15) is 0 Å². The molecular weight excluding hydrogens is 387 g/mol. The second-order valence-corrected chi connectivity index (χ2v) is 8.14. The third kappa shape index (κ3) is 4.06. The van der Waals surface area contributed by atoms with Gasteiger partial charge < -0.3 is 0 Å². The lowest BCUT2D eigenvalue weighted by Crippen LogP contribution is -2.10. The first-order chi connectivity index (χ1) is 12.3. The van der Waals surface area contributed by atoms with Crippen molar-refractivity contribution in [3.63, 3.8) is 0 Å². The van der Waals surface area contributed by atoms with E-state index in [4.69, 9.17) is 35.4 Å². The largest absolute Gasteiger partial charge is 0.250 e. The summed E-state index contributed by atoms with van der Waals surface area (Å²) in [6, 6.07) is 13.5. The van der Waals surface area contributed by atoms with Gasteiger partial charge in [0.25, 0.3) is 0 Å². The van der Waals surface area contributed by atoms with Crippen LogP contribution in [0.4, 0.5) is 0 Å². The molecule has 0 unspecified atom stereocenters. The van der Waals surface area contributed by atoms with Crippen LogP contribution in [0, 0.1) is 4.77 Å². The number of halogens is 2. The standard InChI is InChI=1S/C19H18Cl2N4S/c1-19(2,3)13-6-4-12(5-7-13)11-22-25-17(23-24-18(25)26)15-9-8-14(20)10-16(15)21/h4-11H,1-3H3,(H,24,26). The predicted octanol–water partition coefficient (Wildman–Crippen LogP) is 6.09. The molecule has 0 amide bonds. The third-order valence-corrected chi connectivity index (χ3v) is 4.73. The molecule has 2 aromatic carbocycles. The summed E-state index contributed by atoms with van der Waals surface area (Å²) in [7, 11) is 0. The molecule has 1 N–H and O–H groups in total. The Balaban J connectivity index is 1.95. The van der Waals surface area contributed by atoms with Crippen molar-refractivity contribution in [1.82, 2.24) is 14.9 Å². The van der Waals surface area contributed by atoms with Crippen molar-refractivity contribution in [3.8, 4) is 11.4 Å². The van der Waals surface area contributed by atoms with Crippen molar-refractivity contribution in [1.29, 1.82) is 0 Å². The number of rotatable bonds is 3. The van der Waals surface area contributed by atoms with Crippen LogP contribution >= 0.6 is 35.4 Å². The summed E-state index contributed by atoms with van der Waals surface area (Å²) in [5.74, 6) is 0.527. The van der Waals surface area contributed by atoms with Crippen LogP contribution < -0.4 is 0 Å². The molecule has 3 rings (SSSR count). The summed E-state index contributed by atoms with van der Waals surface area (Å²) < 4.78 is 1.93. The van der Waals surface area contributed by atoms with Crippen molar-refractivity contribution in [2.24, 2.45) is 5.10 Å². The highest BCUT2D eigenvalue weighted by Gasteiger charge is 2.13. The molecule has 0 radical (unpaired) electrons. The molecule has 0 saturated heterocycles. The number of aromatic nitrogens is 3. The van der Waals surface area contributed by atoms with E-state index in [1.165, 1.54) is 5.56 Å². The minimum atomic E-state index is 0.112. The molecule has 4 nitrogen and oxygen atoms in total. The van der Waals surface area contributed by atoms with Crippen LogP contribution in [0.3, 0.4) is 0 Å². The minimum absolute atomic E-state index is 0.112. The lowest BCUT2D eigenvalue weighted by Gasteiger charge is -2.18. The van der Waals surface area contributed by atoms with Crippen molar-refractivity contribution in [3.05, 3.63) is 68.4 Å². The molecule has 0 bridgehead atoms. The molecule has 7 heteroatoms. The molecule has 1 heterocycles. The maximum absolute atomic E-state index is 6.28. The molecule has 1 aromatic heterocycles. The Morgan fingerprint density at radius 1 is 1.12 bits per heavy atom. The fourth-order valence-corrected chi connectivity index (χ4v) is 3.11. The number of nitrogens with one attached hydrogen (secondary N) is 1. The van der Waals surface area contributed by atoms with Gasteiger partial charge >= 0.3 is 0 Å². The van der Waals surface area contributed by atoms with Crippen LogP contribution in [0.2, 0.25) is 10.0 Å². The van der Waals surface area contributed by atoms with Gasteiger partial charge in [0.2, 0.25) is 4.77 Å². The number of hydrogen-bond donors (Lipinski definition) is 1. The third-order valence-electron chi connectivity index (χ3n) is 3.92. The Morgan fingerprint density at radius 2 is 1.81 bits per heavy atom. The van der Waals surface area contributed by atoms with E-state index in [0.717, 1.165) is 5.56 Å². The molecule has 0 aliphatic carbocycles. The van der Waals surface area contributed by atoms with E-state index in [2.05, 4.69) is 48.2 Å². The number of nitrogens with zero attached hydrogens (tertiary/aromatic N) is 3. The monoisotopic (exact) mass is 404 g/mol. The van der Waals surface area contributed by atoms with Crippen molar-refractivity contribution < 1.29 is 0 Å². The fourth-order valence-electron chi connectivity index (χ4n) is 2.44. The highest BCUT2D eigenvalue weighted by atomic mass is 35.5. The molecule has 0 spiro atoms. The molecule has 134 valence electrons. The SMILES string of the molecule is CC(C)(C)c1ccc(C=Nn2c(-c3ccc(Cl)cc3Cl)n[nH]c2=S)cc1.